The van der Waals surface area contributed by atoms with Crippen LogP contribution in [0.5, 0.6) is 0 Å². The number of hydrogen-bond acceptors (Lipinski definition) is 3. The molecule has 1 spiro atoms. The molecule has 0 aliphatic carbocycles. The number of halogens is 4. The van der Waals surface area contributed by atoms with E-state index in [4.69, 9.17) is 46.4 Å². The first kappa shape index (κ1) is 24.6. The van der Waals surface area contributed by atoms with Crippen molar-refractivity contribution in [2.75, 3.05) is 31.1 Å². The van der Waals surface area contributed by atoms with Crippen molar-refractivity contribution in [3.8, 4) is 0 Å². The third-order valence-electron chi connectivity index (χ3n) is 6.96. The number of nitrogens with zero attached hydrogens (tertiary/aromatic N) is 3. The van der Waals surface area contributed by atoms with Gasteiger partial charge in [0.1, 0.15) is 5.15 Å². The topological polar surface area (TPSA) is 36.4 Å². The Hall–Kier alpha value is -2.08. The Labute approximate surface area is 225 Å². The van der Waals surface area contributed by atoms with Crippen LogP contribution in [0.15, 0.2) is 60.8 Å². The van der Waals surface area contributed by atoms with Gasteiger partial charge in [0.25, 0.3) is 5.91 Å². The summed E-state index contributed by atoms with van der Waals surface area (Å²) in [6.45, 7) is 3.29. The molecule has 180 valence electrons. The van der Waals surface area contributed by atoms with E-state index in [9.17, 15) is 4.79 Å². The van der Waals surface area contributed by atoms with Gasteiger partial charge in [-0.15, -0.1) is 0 Å². The van der Waals surface area contributed by atoms with E-state index in [2.05, 4.69) is 16.0 Å². The fourth-order valence-electron chi connectivity index (χ4n) is 5.08. The number of anilines is 1. The normalized spacial score (nSPS) is 17.3. The number of carbonyl (C=O) groups excluding carboxylic acids is 1. The van der Waals surface area contributed by atoms with E-state index in [0.29, 0.717) is 32.3 Å². The van der Waals surface area contributed by atoms with Gasteiger partial charge in [0.15, 0.2) is 0 Å². The predicted octanol–water partition coefficient (Wildman–Crippen LogP) is 7.40. The molecule has 3 aromatic rings. The van der Waals surface area contributed by atoms with Gasteiger partial charge in [0.05, 0.1) is 10.0 Å². The molecule has 2 aromatic carbocycles. The van der Waals surface area contributed by atoms with Gasteiger partial charge in [-0.3, -0.25) is 9.69 Å². The lowest BCUT2D eigenvalue weighted by Gasteiger charge is -2.39. The maximum Gasteiger partial charge on any atom is 0.258 e. The Morgan fingerprint density at radius 3 is 2.60 bits per heavy atom. The molecule has 0 radical (unpaired) electrons. The highest BCUT2D eigenvalue weighted by atomic mass is 35.5. The van der Waals surface area contributed by atoms with Crippen LogP contribution in [0.25, 0.3) is 6.08 Å². The van der Waals surface area contributed by atoms with Gasteiger partial charge >= 0.3 is 0 Å². The molecule has 0 N–H and O–H groups in total. The molecule has 5 rings (SSSR count). The van der Waals surface area contributed by atoms with Crippen LogP contribution in [0.4, 0.5) is 5.69 Å². The molecule has 1 saturated heterocycles. The van der Waals surface area contributed by atoms with Crippen molar-refractivity contribution < 1.29 is 4.79 Å². The number of piperidine rings is 1. The highest BCUT2D eigenvalue weighted by molar-refractivity contribution is 6.42. The van der Waals surface area contributed by atoms with Gasteiger partial charge in [0.2, 0.25) is 0 Å². The summed E-state index contributed by atoms with van der Waals surface area (Å²) >= 11 is 24.9. The first-order valence-corrected chi connectivity index (χ1v) is 12.9. The smallest absolute Gasteiger partial charge is 0.258 e. The van der Waals surface area contributed by atoms with Crippen LogP contribution in [0.1, 0.15) is 34.3 Å². The van der Waals surface area contributed by atoms with Crippen LogP contribution < -0.4 is 4.90 Å². The molecule has 3 heterocycles. The Bertz CT molecular complexity index is 1300. The fourth-order valence-corrected chi connectivity index (χ4v) is 5.80. The molecule has 2 aliphatic heterocycles. The molecule has 0 saturated carbocycles. The minimum atomic E-state index is -0.122. The van der Waals surface area contributed by atoms with E-state index in [1.54, 1.807) is 24.4 Å². The fraction of sp³-hybridized carbons (Fsp3) is 0.259. The zero-order valence-corrected chi connectivity index (χ0v) is 21.9. The minimum absolute atomic E-state index is 0.0708. The molecule has 1 amide bonds. The number of fused-ring (bicyclic) bond motifs is 2. The summed E-state index contributed by atoms with van der Waals surface area (Å²) in [5.41, 5.74) is 3.40. The van der Waals surface area contributed by atoms with E-state index < -0.39 is 0 Å². The lowest BCUT2D eigenvalue weighted by molar-refractivity contribution is 0.0977. The third-order valence-corrected chi connectivity index (χ3v) is 8.23. The Balaban J connectivity index is 1.32. The number of hydrogen-bond donors (Lipinski definition) is 0. The van der Waals surface area contributed by atoms with Crippen molar-refractivity contribution in [3.05, 3.63) is 97.7 Å². The number of aromatic nitrogens is 1. The largest absolute Gasteiger partial charge is 0.307 e. The molecule has 4 nitrogen and oxygen atoms in total. The number of pyridine rings is 1. The minimum Gasteiger partial charge on any atom is -0.307 e. The van der Waals surface area contributed by atoms with Crippen LogP contribution in [-0.4, -0.2) is 42.0 Å². The summed E-state index contributed by atoms with van der Waals surface area (Å²) in [6, 6.07) is 14.8. The molecule has 0 unspecified atom stereocenters. The molecule has 1 fully saturated rings. The van der Waals surface area contributed by atoms with Gasteiger partial charge in [0, 0.05) is 41.0 Å². The van der Waals surface area contributed by atoms with E-state index in [1.807, 2.05) is 41.3 Å². The first-order chi connectivity index (χ1) is 16.9. The van der Waals surface area contributed by atoms with Gasteiger partial charge in [-0.05, 0) is 73.5 Å². The number of carbonyl (C=O) groups is 1. The van der Waals surface area contributed by atoms with Crippen molar-refractivity contribution in [1.29, 1.82) is 0 Å². The summed E-state index contributed by atoms with van der Waals surface area (Å²) in [7, 11) is 0. The Morgan fingerprint density at radius 2 is 1.83 bits per heavy atom. The summed E-state index contributed by atoms with van der Waals surface area (Å²) in [5, 5.41) is 2.12. The second-order valence-corrected chi connectivity index (χ2v) is 10.7. The van der Waals surface area contributed by atoms with E-state index in [1.165, 1.54) is 0 Å². The van der Waals surface area contributed by atoms with Gasteiger partial charge < -0.3 is 4.90 Å². The zero-order valence-electron chi connectivity index (χ0n) is 18.9. The second kappa shape index (κ2) is 10.1. The summed E-state index contributed by atoms with van der Waals surface area (Å²) in [6.07, 6.45) is 7.58. The molecule has 2 aliphatic rings. The van der Waals surface area contributed by atoms with E-state index >= 15 is 0 Å². The standard InChI is InChI=1S/C27H23Cl4N3O/c28-20-6-7-23-21(16-20)27(17-34(23)26(35)19-8-11-32-24(30)15-19)9-13-33(14-10-27)12-2-4-18-3-1-5-22(29)25(18)31/h1-8,11,15-16H,9-10,12-14,17H2/b4-2+. The van der Waals surface area contributed by atoms with Crippen molar-refractivity contribution >= 4 is 64.1 Å². The number of amides is 1. The molecular formula is C27H23Cl4N3O. The van der Waals surface area contributed by atoms with Crippen LogP contribution in [0.3, 0.4) is 0 Å². The molecule has 35 heavy (non-hydrogen) atoms. The van der Waals surface area contributed by atoms with Gasteiger partial charge in [-0.25, -0.2) is 4.98 Å². The zero-order chi connectivity index (χ0) is 24.6. The van der Waals surface area contributed by atoms with Crippen LogP contribution in [-0.2, 0) is 5.41 Å². The van der Waals surface area contributed by atoms with Crippen molar-refractivity contribution in [3.63, 3.8) is 0 Å². The molecular weight excluding hydrogens is 524 g/mol. The average molecular weight is 547 g/mol. The maximum absolute atomic E-state index is 13.4. The summed E-state index contributed by atoms with van der Waals surface area (Å²) in [4.78, 5) is 21.7. The molecule has 1 aromatic heterocycles. The number of likely N-dealkylation sites (tertiary alicyclic amines) is 1. The summed E-state index contributed by atoms with van der Waals surface area (Å²) < 4.78 is 0. The lowest BCUT2D eigenvalue weighted by Crippen LogP contribution is -2.46. The van der Waals surface area contributed by atoms with E-state index in [0.717, 1.165) is 49.3 Å². The number of benzene rings is 2. The Kier molecular flexibility index (Phi) is 7.11. The highest BCUT2D eigenvalue weighted by Crippen LogP contribution is 2.48. The second-order valence-electron chi connectivity index (χ2n) is 9.05. The summed E-state index contributed by atoms with van der Waals surface area (Å²) in [5.74, 6) is -0.0708. The van der Waals surface area contributed by atoms with Crippen molar-refractivity contribution in [2.24, 2.45) is 0 Å². The molecule has 0 atom stereocenters. The third kappa shape index (κ3) is 4.96. The van der Waals surface area contributed by atoms with E-state index in [-0.39, 0.29) is 11.3 Å². The molecule has 8 heteroatoms. The lowest BCUT2D eigenvalue weighted by atomic mass is 9.74. The van der Waals surface area contributed by atoms with Crippen molar-refractivity contribution in [2.45, 2.75) is 18.3 Å². The monoisotopic (exact) mass is 545 g/mol. The highest BCUT2D eigenvalue weighted by Gasteiger charge is 2.46. The Morgan fingerprint density at radius 1 is 1.03 bits per heavy atom. The molecule has 0 bridgehead atoms. The van der Waals surface area contributed by atoms with Crippen molar-refractivity contribution in [1.82, 2.24) is 9.88 Å². The first-order valence-electron chi connectivity index (χ1n) is 11.4. The van der Waals surface area contributed by atoms with Crippen LogP contribution >= 0.6 is 46.4 Å². The average Bonchev–Trinajstić information content (AvgIpc) is 3.15. The van der Waals surface area contributed by atoms with Gasteiger partial charge in [-0.2, -0.15) is 0 Å². The van der Waals surface area contributed by atoms with Gasteiger partial charge in [-0.1, -0.05) is 70.7 Å². The predicted molar refractivity (Wildman–Crippen MR) is 145 cm³/mol. The maximum atomic E-state index is 13.4. The van der Waals surface area contributed by atoms with Crippen LogP contribution in [0, 0.1) is 0 Å². The quantitative estimate of drug-likeness (QED) is 0.320. The SMILES string of the molecule is O=C(c1ccnc(Cl)c1)N1CC2(CCN(C/C=C/c3cccc(Cl)c3Cl)CC2)c2cc(Cl)ccc21. The van der Waals surface area contributed by atoms with Crippen LogP contribution in [0.2, 0.25) is 20.2 Å². The number of rotatable bonds is 4.